The van der Waals surface area contributed by atoms with Gasteiger partial charge in [0.25, 0.3) is 0 Å². The molecule has 2 aromatic carbocycles. The van der Waals surface area contributed by atoms with Crippen molar-refractivity contribution in [2.24, 2.45) is 17.8 Å². The van der Waals surface area contributed by atoms with Crippen LogP contribution < -0.4 is 0 Å². The Hall–Kier alpha value is -6.35. The van der Waals surface area contributed by atoms with Gasteiger partial charge in [0.1, 0.15) is 74.7 Å². The van der Waals surface area contributed by atoms with Crippen molar-refractivity contribution in [2.45, 2.75) is 145 Å². The molecule has 0 saturated heterocycles. The second kappa shape index (κ2) is 39.1. The highest BCUT2D eigenvalue weighted by Crippen LogP contribution is 2.23. The molecule has 0 aromatic heterocycles. The van der Waals surface area contributed by atoms with Gasteiger partial charge < -0.3 is 61.8 Å². The fourth-order valence-electron chi connectivity index (χ4n) is 8.36. The first-order chi connectivity index (χ1) is 38.3. The predicted octanol–water partition coefficient (Wildman–Crippen LogP) is 7.69. The largest absolute Gasteiger partial charge is 0.461 e. The minimum absolute atomic E-state index is 0.0174. The average molecular weight is 1120 g/mol. The van der Waals surface area contributed by atoms with E-state index >= 15 is 0 Å². The van der Waals surface area contributed by atoms with E-state index in [1.807, 2.05) is 55.5 Å². The molecule has 0 radical (unpaired) electrons. The van der Waals surface area contributed by atoms with Gasteiger partial charge in [-0.15, -0.1) is 0 Å². The third kappa shape index (κ3) is 30.9. The van der Waals surface area contributed by atoms with Crippen molar-refractivity contribution >= 4 is 52.8 Å². The summed E-state index contributed by atoms with van der Waals surface area (Å²) >= 11 is 0. The lowest BCUT2D eigenvalue weighted by Crippen LogP contribution is -2.25. The van der Waals surface area contributed by atoms with E-state index in [1.165, 1.54) is 34.6 Å². The van der Waals surface area contributed by atoms with E-state index in [1.54, 1.807) is 31.2 Å². The first-order valence-corrected chi connectivity index (χ1v) is 27.1. The van der Waals surface area contributed by atoms with Gasteiger partial charge in [0.2, 0.25) is 0 Å². The lowest BCUT2D eigenvalue weighted by atomic mass is 9.85. The SMILES string of the molecule is CC(=O)CC(CC(C)C(=O)CC1/C=C/COCOC1)C(C)=O.CC(=O)CCCCc1cc(COC(C)=O)ccc1CC(=O)OC1/C=C/COCOC1.CC(=O)CCc1cc(COC(C)=O)ccc1CC(=O)OC1/C=C/COCOC1. The molecular weight excluding hydrogens is 1040 g/mol. The Bertz CT molecular complexity index is 2420. The molecule has 19 heteroatoms. The van der Waals surface area contributed by atoms with Crippen molar-refractivity contribution in [1.82, 2.24) is 0 Å². The minimum Gasteiger partial charge on any atom is -0.461 e. The van der Waals surface area contributed by atoms with Crippen molar-refractivity contribution in [3.05, 3.63) is 106 Å². The second-order valence-electron chi connectivity index (χ2n) is 19.9. The van der Waals surface area contributed by atoms with E-state index < -0.39 is 12.2 Å². The lowest BCUT2D eigenvalue weighted by Gasteiger charge is -2.20. The van der Waals surface area contributed by atoms with Gasteiger partial charge in [-0.3, -0.25) is 28.8 Å². The van der Waals surface area contributed by atoms with Gasteiger partial charge in [0, 0.05) is 57.3 Å². The Morgan fingerprint density at radius 3 is 1.48 bits per heavy atom. The van der Waals surface area contributed by atoms with Gasteiger partial charge >= 0.3 is 23.9 Å². The highest BCUT2D eigenvalue weighted by molar-refractivity contribution is 5.87. The lowest BCUT2D eigenvalue weighted by molar-refractivity contribution is -0.152. The molecule has 0 saturated carbocycles. The summed E-state index contributed by atoms with van der Waals surface area (Å²) in [6, 6.07) is 11.2. The van der Waals surface area contributed by atoms with Crippen LogP contribution in [0.4, 0.5) is 0 Å². The van der Waals surface area contributed by atoms with Crippen LogP contribution in [0.2, 0.25) is 0 Å². The summed E-state index contributed by atoms with van der Waals surface area (Å²) < 4.78 is 52.4. The monoisotopic (exact) mass is 1120 g/mol. The van der Waals surface area contributed by atoms with Crippen LogP contribution in [-0.2, 0) is 129 Å². The molecular formula is C61H82O19. The van der Waals surface area contributed by atoms with E-state index in [-0.39, 0.29) is 137 Å². The second-order valence-corrected chi connectivity index (χ2v) is 19.9. The van der Waals surface area contributed by atoms with Crippen LogP contribution in [0.5, 0.6) is 0 Å². The van der Waals surface area contributed by atoms with Crippen molar-refractivity contribution in [3.8, 4) is 0 Å². The van der Waals surface area contributed by atoms with Gasteiger partial charge in [-0.25, -0.2) is 0 Å². The molecule has 5 unspecified atom stereocenters. The molecule has 0 N–H and O–H groups in total. The number of ether oxygens (including phenoxy) is 10. The smallest absolute Gasteiger partial charge is 0.310 e. The molecule has 440 valence electrons. The third-order valence-corrected chi connectivity index (χ3v) is 12.5. The van der Waals surface area contributed by atoms with Crippen LogP contribution in [0.15, 0.2) is 72.9 Å². The van der Waals surface area contributed by atoms with Gasteiger partial charge in [0.05, 0.1) is 52.5 Å². The molecule has 3 heterocycles. The number of carbonyl (C=O) groups is 9. The van der Waals surface area contributed by atoms with E-state index in [2.05, 4.69) is 0 Å². The van der Waals surface area contributed by atoms with Crippen LogP contribution in [-0.4, -0.2) is 125 Å². The summed E-state index contributed by atoms with van der Waals surface area (Å²) in [4.78, 5) is 105. The molecule has 80 heavy (non-hydrogen) atoms. The molecule has 2 aromatic rings. The molecule has 19 nitrogen and oxygen atoms in total. The number of rotatable bonds is 26. The summed E-state index contributed by atoms with van der Waals surface area (Å²) in [5.74, 6) is -1.67. The Morgan fingerprint density at radius 2 is 1.01 bits per heavy atom. The van der Waals surface area contributed by atoms with Crippen LogP contribution in [0.1, 0.15) is 127 Å². The zero-order valence-electron chi connectivity index (χ0n) is 47.6. The number of ketones is 5. The van der Waals surface area contributed by atoms with Crippen molar-refractivity contribution in [3.63, 3.8) is 0 Å². The topological polar surface area (TPSA) is 246 Å². The van der Waals surface area contributed by atoms with E-state index in [4.69, 9.17) is 47.4 Å². The highest BCUT2D eigenvalue weighted by atomic mass is 16.7. The van der Waals surface area contributed by atoms with E-state index in [0.717, 1.165) is 52.6 Å². The molecule has 5 rings (SSSR count). The third-order valence-electron chi connectivity index (χ3n) is 12.5. The average Bonchev–Trinajstić information content (AvgIpc) is 3.36. The number of hydrogen-bond donors (Lipinski definition) is 0. The number of benzene rings is 2. The Kier molecular flexibility index (Phi) is 33.2. The van der Waals surface area contributed by atoms with Gasteiger partial charge in [-0.05, 0) is 105 Å². The number of aryl methyl sites for hydroxylation is 2. The predicted molar refractivity (Wildman–Crippen MR) is 292 cm³/mol. The maximum Gasteiger partial charge on any atom is 0.310 e. The molecule has 0 aliphatic carbocycles. The quantitative estimate of drug-likeness (QED) is 0.0379. The summed E-state index contributed by atoms with van der Waals surface area (Å²) in [7, 11) is 0. The zero-order valence-corrected chi connectivity index (χ0v) is 47.6. The highest BCUT2D eigenvalue weighted by Gasteiger charge is 2.25. The first-order valence-electron chi connectivity index (χ1n) is 27.1. The van der Waals surface area contributed by atoms with Gasteiger partial charge in [-0.1, -0.05) is 67.6 Å². The molecule has 0 bridgehead atoms. The number of carbonyl (C=O) groups excluding carboxylic acids is 9. The molecule has 0 amide bonds. The van der Waals surface area contributed by atoms with Gasteiger partial charge in [0.15, 0.2) is 0 Å². The fourth-order valence-corrected chi connectivity index (χ4v) is 8.36. The Morgan fingerprint density at radius 1 is 0.537 bits per heavy atom. The number of unbranched alkanes of at least 4 members (excludes halogenated alkanes) is 1. The van der Waals surface area contributed by atoms with E-state index in [9.17, 15) is 43.2 Å². The maximum absolute atomic E-state index is 12.5. The van der Waals surface area contributed by atoms with Crippen LogP contribution in [0.25, 0.3) is 0 Å². The summed E-state index contributed by atoms with van der Waals surface area (Å²) in [5, 5.41) is 0. The molecule has 5 atom stereocenters. The van der Waals surface area contributed by atoms with Crippen molar-refractivity contribution < 1.29 is 90.5 Å². The zero-order chi connectivity index (χ0) is 58.7. The van der Waals surface area contributed by atoms with E-state index in [0.29, 0.717) is 58.5 Å². The Balaban J connectivity index is 0.000000319. The number of esters is 4. The summed E-state index contributed by atoms with van der Waals surface area (Å²) in [6.45, 7) is 13.8. The Labute approximate surface area is 470 Å². The molecule has 0 spiro atoms. The maximum atomic E-state index is 12.5. The van der Waals surface area contributed by atoms with Gasteiger partial charge in [-0.2, -0.15) is 0 Å². The molecule has 3 aliphatic heterocycles. The minimum atomic E-state index is -0.458. The molecule has 3 aliphatic rings. The molecule has 0 fully saturated rings. The fraction of sp³-hybridized carbons (Fsp3) is 0.557. The van der Waals surface area contributed by atoms with Crippen LogP contribution in [0.3, 0.4) is 0 Å². The van der Waals surface area contributed by atoms with Crippen LogP contribution >= 0.6 is 0 Å². The first kappa shape index (κ1) is 67.9. The standard InChI is InChI=1S/C23H30O7.C21H26O7.C17H26O5/c1-17(24)6-3-4-7-20-12-19(14-29-18(2)25)9-10-21(20)13-23(26)30-22-8-5-11-27-16-28-15-22;1-15(22)5-7-18-10-17(12-27-16(2)23)6-8-19(18)11-21(24)28-20-4-3-9-25-14-26-13-20;1-12(7-16(14(3)19)8-13(2)18)17(20)9-15-5-4-6-21-11-22-10-15/h5,8-10,12,22H,3-4,6-7,11,13-16H2,1-2H3;3-4,6,8,10,20H,5,7,9,11-14H2,1-2H3;4-5,12,15-16H,6-11H2,1-3H3/b8-5+;4-3+;5-4+. The van der Waals surface area contributed by atoms with Crippen molar-refractivity contribution in [1.29, 1.82) is 0 Å². The normalized spacial score (nSPS) is 19.1. The number of hydrogen-bond acceptors (Lipinski definition) is 19. The van der Waals surface area contributed by atoms with Crippen LogP contribution in [0, 0.1) is 17.8 Å². The summed E-state index contributed by atoms with van der Waals surface area (Å²) in [6.07, 6.45) is 15.1. The van der Waals surface area contributed by atoms with Crippen molar-refractivity contribution in [2.75, 3.05) is 60.0 Å². The number of Topliss-reactive ketones (excluding diaryl/α,β-unsaturated/α-hetero) is 5. The summed E-state index contributed by atoms with van der Waals surface area (Å²) in [5.41, 5.74) is 5.19.